The van der Waals surface area contributed by atoms with Gasteiger partial charge < -0.3 is 23.8 Å². The van der Waals surface area contributed by atoms with Crippen LogP contribution in [0.3, 0.4) is 0 Å². The molecule has 7 nitrogen and oxygen atoms in total. The first kappa shape index (κ1) is 24.0. The van der Waals surface area contributed by atoms with Crippen LogP contribution in [0.5, 0.6) is 5.75 Å². The number of pyridine rings is 1. The topological polar surface area (TPSA) is 70.1 Å². The van der Waals surface area contributed by atoms with E-state index in [0.29, 0.717) is 12.3 Å². The van der Waals surface area contributed by atoms with Gasteiger partial charge in [0.25, 0.3) is 5.91 Å². The van der Waals surface area contributed by atoms with Crippen molar-refractivity contribution in [3.05, 3.63) is 23.5 Å². The van der Waals surface area contributed by atoms with E-state index in [-0.39, 0.29) is 25.5 Å². The fourth-order valence-corrected chi connectivity index (χ4v) is 4.60. The minimum absolute atomic E-state index is 0.0611. The predicted molar refractivity (Wildman–Crippen MR) is 118 cm³/mol. The number of methoxy groups -OCH3 is 3. The van der Waals surface area contributed by atoms with Crippen molar-refractivity contribution in [3.8, 4) is 5.75 Å². The fraction of sp³-hybridized carbons (Fsp3) is 0.750. The van der Waals surface area contributed by atoms with E-state index in [1.54, 1.807) is 32.4 Å². The molecule has 1 aromatic rings. The molecule has 0 spiro atoms. The summed E-state index contributed by atoms with van der Waals surface area (Å²) in [6.07, 6.45) is 9.12. The molecule has 0 N–H and O–H groups in total. The Morgan fingerprint density at radius 3 is 2.61 bits per heavy atom. The lowest BCUT2D eigenvalue weighted by molar-refractivity contribution is -0.235. The fourth-order valence-electron chi connectivity index (χ4n) is 4.60. The molecule has 1 saturated heterocycles. The average molecular weight is 435 g/mol. The molecule has 0 unspecified atom stereocenters. The maximum absolute atomic E-state index is 13.3. The van der Waals surface area contributed by atoms with Gasteiger partial charge in [-0.1, -0.05) is 33.1 Å². The summed E-state index contributed by atoms with van der Waals surface area (Å²) in [5.41, 5.74) is 1.01. The molecule has 2 atom stereocenters. The van der Waals surface area contributed by atoms with Crippen molar-refractivity contribution in [2.75, 3.05) is 34.9 Å². The van der Waals surface area contributed by atoms with Crippen LogP contribution >= 0.6 is 0 Å². The number of nitrogens with zero attached hydrogens (tertiary/aromatic N) is 2. The molecule has 3 rings (SSSR count). The summed E-state index contributed by atoms with van der Waals surface area (Å²) in [7, 11) is 4.86. The average Bonchev–Trinajstić information content (AvgIpc) is 3.58. The molecule has 1 amide bonds. The zero-order chi connectivity index (χ0) is 22.4. The number of amides is 1. The summed E-state index contributed by atoms with van der Waals surface area (Å²) in [6.45, 7) is 4.62. The second-order valence-corrected chi connectivity index (χ2v) is 9.28. The van der Waals surface area contributed by atoms with Gasteiger partial charge in [0.2, 0.25) is 0 Å². The lowest BCUT2D eigenvalue weighted by atomic mass is 9.74. The van der Waals surface area contributed by atoms with Crippen molar-refractivity contribution in [3.63, 3.8) is 0 Å². The van der Waals surface area contributed by atoms with Crippen LogP contribution in [-0.2, 0) is 31.8 Å². The van der Waals surface area contributed by atoms with Gasteiger partial charge >= 0.3 is 0 Å². The highest BCUT2D eigenvalue weighted by Gasteiger charge is 2.62. The summed E-state index contributed by atoms with van der Waals surface area (Å²) in [5.74, 6) is 2.06. The van der Waals surface area contributed by atoms with Crippen molar-refractivity contribution < 1.29 is 23.7 Å². The number of hydrogen-bond acceptors (Lipinski definition) is 6. The van der Waals surface area contributed by atoms with Crippen LogP contribution < -0.4 is 4.74 Å². The summed E-state index contributed by atoms with van der Waals surface area (Å²) >= 11 is 0. The van der Waals surface area contributed by atoms with Gasteiger partial charge in [-0.2, -0.15) is 0 Å². The molecule has 0 aromatic carbocycles. The van der Waals surface area contributed by atoms with Gasteiger partial charge in [0.1, 0.15) is 19.3 Å². The highest BCUT2D eigenvalue weighted by Crippen LogP contribution is 2.41. The molecule has 31 heavy (non-hydrogen) atoms. The van der Waals surface area contributed by atoms with Crippen molar-refractivity contribution in [2.24, 2.45) is 11.8 Å². The number of aromatic nitrogens is 1. The molecular formula is C24H38N2O5. The molecule has 2 heterocycles. The smallest absolute Gasteiger partial charge is 0.259 e. The minimum Gasteiger partial charge on any atom is -0.495 e. The summed E-state index contributed by atoms with van der Waals surface area (Å²) in [5, 5.41) is 0. The van der Waals surface area contributed by atoms with E-state index < -0.39 is 5.60 Å². The van der Waals surface area contributed by atoms with Crippen molar-refractivity contribution in [1.82, 2.24) is 9.88 Å². The number of carbonyl (C=O) groups excluding carboxylic acids is 1. The third-order valence-corrected chi connectivity index (χ3v) is 6.36. The van der Waals surface area contributed by atoms with E-state index in [4.69, 9.17) is 18.9 Å². The first-order valence-electron chi connectivity index (χ1n) is 11.4. The van der Waals surface area contributed by atoms with Crippen molar-refractivity contribution in [1.29, 1.82) is 0 Å². The Balaban J connectivity index is 1.82. The molecule has 0 radical (unpaired) electrons. The standard InChI is InChI=1S/C24H38N2O5/c1-17(2)11-22-24(31-16-29-4,23(27)26(22)15-28-3)13-20-12-19(21(30-5)14-25-20)8-6-7-18-9-10-18/h12,14,17-18,22H,6-11,13,15-16H2,1-5H3/t22-,24+/m0/s1. The number of aryl methyl sites for hydroxylation is 1. The lowest BCUT2D eigenvalue weighted by Crippen LogP contribution is -2.76. The Hall–Kier alpha value is -1.70. The van der Waals surface area contributed by atoms with E-state index in [1.807, 2.05) is 0 Å². The minimum atomic E-state index is -0.980. The van der Waals surface area contributed by atoms with E-state index >= 15 is 0 Å². The summed E-state index contributed by atoms with van der Waals surface area (Å²) in [6, 6.07) is 2.00. The Bertz CT molecular complexity index is 737. The molecule has 2 aliphatic rings. The SMILES string of the molecule is COCO[C@@]1(Cc2cc(CCCC3CC3)c(OC)cn2)C(=O)N(COC)[C@H]1CC(C)C. The normalized spacial score (nSPS) is 23.4. The quantitative estimate of drug-likeness (QED) is 0.329. The molecule has 1 aliphatic carbocycles. The number of carbonyl (C=O) groups is 1. The Morgan fingerprint density at radius 2 is 2.00 bits per heavy atom. The van der Waals surface area contributed by atoms with Gasteiger partial charge in [0.15, 0.2) is 5.60 Å². The number of hydrogen-bond donors (Lipinski definition) is 0. The molecular weight excluding hydrogens is 396 g/mol. The first-order valence-corrected chi connectivity index (χ1v) is 11.4. The van der Waals surface area contributed by atoms with Crippen LogP contribution in [0.25, 0.3) is 0 Å². The van der Waals surface area contributed by atoms with Crippen LogP contribution in [0.4, 0.5) is 0 Å². The number of β-lactam (4-membered cyclic amide) rings is 1. The Labute approximate surface area is 186 Å². The molecule has 174 valence electrons. The monoisotopic (exact) mass is 434 g/mol. The van der Waals surface area contributed by atoms with E-state index in [0.717, 1.165) is 42.2 Å². The van der Waals surface area contributed by atoms with E-state index in [1.165, 1.54) is 19.3 Å². The molecule has 2 fully saturated rings. The van der Waals surface area contributed by atoms with Crippen LogP contribution in [0.1, 0.15) is 57.2 Å². The highest BCUT2D eigenvalue weighted by molar-refractivity contribution is 5.93. The molecule has 1 aromatic heterocycles. The third kappa shape index (κ3) is 5.57. The number of rotatable bonds is 14. The highest BCUT2D eigenvalue weighted by atomic mass is 16.7. The second-order valence-electron chi connectivity index (χ2n) is 9.28. The Kier molecular flexibility index (Phi) is 8.30. The van der Waals surface area contributed by atoms with Gasteiger partial charge in [-0.05, 0) is 42.7 Å². The number of ether oxygens (including phenoxy) is 4. The van der Waals surface area contributed by atoms with E-state index in [9.17, 15) is 4.79 Å². The van der Waals surface area contributed by atoms with Crippen LogP contribution in [0.2, 0.25) is 0 Å². The summed E-state index contributed by atoms with van der Waals surface area (Å²) in [4.78, 5) is 19.6. The zero-order valence-corrected chi connectivity index (χ0v) is 19.7. The van der Waals surface area contributed by atoms with E-state index in [2.05, 4.69) is 24.9 Å². The van der Waals surface area contributed by atoms with Gasteiger partial charge in [-0.25, -0.2) is 0 Å². The molecule has 1 aliphatic heterocycles. The second kappa shape index (κ2) is 10.7. The van der Waals surface area contributed by atoms with Crippen molar-refractivity contribution in [2.45, 2.75) is 70.4 Å². The largest absolute Gasteiger partial charge is 0.495 e. The van der Waals surface area contributed by atoms with Crippen LogP contribution in [0, 0.1) is 11.8 Å². The first-order chi connectivity index (χ1) is 14.9. The van der Waals surface area contributed by atoms with Gasteiger partial charge in [-0.15, -0.1) is 0 Å². The third-order valence-electron chi connectivity index (χ3n) is 6.36. The van der Waals surface area contributed by atoms with Gasteiger partial charge in [0, 0.05) is 26.3 Å². The van der Waals surface area contributed by atoms with Gasteiger partial charge in [-0.3, -0.25) is 9.78 Å². The maximum atomic E-state index is 13.3. The molecule has 7 heteroatoms. The van der Waals surface area contributed by atoms with Crippen LogP contribution in [0.15, 0.2) is 12.3 Å². The zero-order valence-electron chi connectivity index (χ0n) is 19.7. The number of likely N-dealkylation sites (tertiary alicyclic amines) is 1. The Morgan fingerprint density at radius 1 is 1.23 bits per heavy atom. The van der Waals surface area contributed by atoms with Crippen LogP contribution in [-0.4, -0.2) is 62.3 Å². The molecule has 0 bridgehead atoms. The van der Waals surface area contributed by atoms with Gasteiger partial charge in [0.05, 0.1) is 19.3 Å². The summed E-state index contributed by atoms with van der Waals surface area (Å²) < 4.78 is 22.1. The molecule has 1 saturated carbocycles. The van der Waals surface area contributed by atoms with Crippen molar-refractivity contribution >= 4 is 5.91 Å². The maximum Gasteiger partial charge on any atom is 0.259 e. The lowest BCUT2D eigenvalue weighted by Gasteiger charge is -2.55. The predicted octanol–water partition coefficient (Wildman–Crippen LogP) is 3.59.